The van der Waals surface area contributed by atoms with Crippen molar-refractivity contribution < 1.29 is 4.79 Å². The summed E-state index contributed by atoms with van der Waals surface area (Å²) >= 11 is 0. The van der Waals surface area contributed by atoms with Gasteiger partial charge in [-0.15, -0.1) is 0 Å². The van der Waals surface area contributed by atoms with Gasteiger partial charge in [-0.25, -0.2) is 0 Å². The third-order valence-corrected chi connectivity index (χ3v) is 4.66. The summed E-state index contributed by atoms with van der Waals surface area (Å²) in [6.07, 6.45) is 3.31. The van der Waals surface area contributed by atoms with Gasteiger partial charge >= 0.3 is 0 Å². The van der Waals surface area contributed by atoms with E-state index in [9.17, 15) is 4.79 Å². The van der Waals surface area contributed by atoms with E-state index in [2.05, 4.69) is 37.1 Å². The number of nitrogens with zero attached hydrogens (tertiary/aromatic N) is 1. The van der Waals surface area contributed by atoms with E-state index in [1.54, 1.807) is 7.05 Å². The SMILES string of the molecule is CNC(=O)c1cc2nc3c(cc2[nH]1)CC(C(C)(C)C)CC3. The minimum Gasteiger partial charge on any atom is -0.354 e. The maximum absolute atomic E-state index is 11.7. The molecule has 0 saturated heterocycles. The van der Waals surface area contributed by atoms with Crippen LogP contribution in [-0.2, 0) is 12.8 Å². The van der Waals surface area contributed by atoms with Crippen LogP contribution in [0.2, 0.25) is 0 Å². The second-order valence-electron chi connectivity index (χ2n) is 7.09. The lowest BCUT2D eigenvalue weighted by Gasteiger charge is -2.34. The van der Waals surface area contributed by atoms with Gasteiger partial charge in [0.1, 0.15) is 5.69 Å². The number of pyridine rings is 1. The molecule has 0 aromatic carbocycles. The summed E-state index contributed by atoms with van der Waals surface area (Å²) < 4.78 is 0. The maximum Gasteiger partial charge on any atom is 0.267 e. The van der Waals surface area contributed by atoms with Gasteiger partial charge in [-0.1, -0.05) is 20.8 Å². The molecule has 112 valence electrons. The highest BCUT2D eigenvalue weighted by atomic mass is 16.1. The Bertz CT molecular complexity index is 694. The summed E-state index contributed by atoms with van der Waals surface area (Å²) in [5.74, 6) is 0.594. The number of nitrogens with one attached hydrogen (secondary N) is 2. The molecule has 4 nitrogen and oxygen atoms in total. The van der Waals surface area contributed by atoms with Crippen molar-refractivity contribution in [3.05, 3.63) is 29.1 Å². The summed E-state index contributed by atoms with van der Waals surface area (Å²) in [4.78, 5) is 19.7. The van der Waals surface area contributed by atoms with Gasteiger partial charge in [0.2, 0.25) is 0 Å². The van der Waals surface area contributed by atoms with Gasteiger partial charge in [0.15, 0.2) is 0 Å². The molecule has 0 saturated carbocycles. The first kappa shape index (κ1) is 14.1. The molecule has 2 aromatic heterocycles. The Hall–Kier alpha value is -1.84. The zero-order valence-electron chi connectivity index (χ0n) is 13.2. The molecule has 2 heterocycles. The van der Waals surface area contributed by atoms with E-state index in [4.69, 9.17) is 4.98 Å². The highest BCUT2D eigenvalue weighted by Gasteiger charge is 2.29. The van der Waals surface area contributed by atoms with Gasteiger partial charge in [0.05, 0.1) is 11.0 Å². The molecule has 1 amide bonds. The first-order chi connectivity index (χ1) is 9.88. The van der Waals surface area contributed by atoms with E-state index in [1.165, 1.54) is 17.7 Å². The number of fused-ring (bicyclic) bond motifs is 2. The van der Waals surface area contributed by atoms with Crippen molar-refractivity contribution in [3.8, 4) is 0 Å². The molecule has 1 aliphatic rings. The minimum atomic E-state index is -0.0986. The molecule has 4 heteroatoms. The van der Waals surface area contributed by atoms with E-state index in [-0.39, 0.29) is 5.91 Å². The van der Waals surface area contributed by atoms with Crippen LogP contribution in [0.5, 0.6) is 0 Å². The Morgan fingerprint density at radius 1 is 1.38 bits per heavy atom. The van der Waals surface area contributed by atoms with Gasteiger partial charge in [0.25, 0.3) is 5.91 Å². The fourth-order valence-electron chi connectivity index (χ4n) is 3.20. The van der Waals surface area contributed by atoms with Gasteiger partial charge in [-0.2, -0.15) is 0 Å². The van der Waals surface area contributed by atoms with Gasteiger partial charge in [0, 0.05) is 12.7 Å². The van der Waals surface area contributed by atoms with E-state index < -0.39 is 0 Å². The average Bonchev–Trinajstić information content (AvgIpc) is 2.84. The molecule has 3 rings (SSSR count). The number of aromatic nitrogens is 2. The minimum absolute atomic E-state index is 0.0986. The number of aryl methyl sites for hydroxylation is 1. The van der Waals surface area contributed by atoms with Crippen LogP contribution in [0.25, 0.3) is 11.0 Å². The van der Waals surface area contributed by atoms with Crippen molar-refractivity contribution in [1.82, 2.24) is 15.3 Å². The highest BCUT2D eigenvalue weighted by Crippen LogP contribution is 2.37. The number of H-pyrrole nitrogens is 1. The molecule has 2 N–H and O–H groups in total. The van der Waals surface area contributed by atoms with Crippen LogP contribution in [0.15, 0.2) is 12.1 Å². The Kier molecular flexibility index (Phi) is 3.27. The van der Waals surface area contributed by atoms with Crippen LogP contribution in [0, 0.1) is 11.3 Å². The van der Waals surface area contributed by atoms with E-state index in [0.717, 1.165) is 23.9 Å². The Morgan fingerprint density at radius 2 is 2.14 bits per heavy atom. The molecule has 0 radical (unpaired) electrons. The molecular weight excluding hydrogens is 262 g/mol. The number of hydrogen-bond acceptors (Lipinski definition) is 2. The Morgan fingerprint density at radius 3 is 2.81 bits per heavy atom. The molecule has 2 aromatic rings. The molecular formula is C17H23N3O. The van der Waals surface area contributed by atoms with Gasteiger partial charge in [-0.05, 0) is 48.3 Å². The van der Waals surface area contributed by atoms with Crippen LogP contribution in [0.4, 0.5) is 0 Å². The summed E-state index contributed by atoms with van der Waals surface area (Å²) in [6, 6.07) is 4.02. The van der Waals surface area contributed by atoms with Crippen molar-refractivity contribution in [2.75, 3.05) is 7.05 Å². The number of aromatic amines is 1. The molecule has 0 spiro atoms. The quantitative estimate of drug-likeness (QED) is 0.846. The Labute approximate surface area is 125 Å². The van der Waals surface area contributed by atoms with Crippen molar-refractivity contribution >= 4 is 16.9 Å². The van der Waals surface area contributed by atoms with E-state index in [1.807, 2.05) is 6.07 Å². The third kappa shape index (κ3) is 2.55. The summed E-state index contributed by atoms with van der Waals surface area (Å²) in [5, 5.41) is 2.64. The lowest BCUT2D eigenvalue weighted by molar-refractivity contribution is 0.0959. The van der Waals surface area contributed by atoms with Gasteiger partial charge in [-0.3, -0.25) is 9.78 Å². The fraction of sp³-hybridized carbons (Fsp3) is 0.529. The van der Waals surface area contributed by atoms with Crippen LogP contribution < -0.4 is 5.32 Å². The number of carbonyl (C=O) groups is 1. The molecule has 1 atom stereocenters. The smallest absolute Gasteiger partial charge is 0.267 e. The largest absolute Gasteiger partial charge is 0.354 e. The predicted molar refractivity (Wildman–Crippen MR) is 84.5 cm³/mol. The second-order valence-corrected chi connectivity index (χ2v) is 7.09. The molecule has 1 unspecified atom stereocenters. The normalized spacial score (nSPS) is 18.6. The summed E-state index contributed by atoms with van der Waals surface area (Å²) in [5.41, 5.74) is 5.29. The molecule has 0 bridgehead atoms. The fourth-order valence-corrected chi connectivity index (χ4v) is 3.20. The molecule has 1 aliphatic carbocycles. The molecule has 0 fully saturated rings. The standard InChI is InChI=1S/C17H23N3O/c1-17(2,3)11-5-6-12-10(7-11)8-13-14(19-12)9-15(20-13)16(21)18-4/h8-9,11,20H,5-7H2,1-4H3,(H,18,21). The first-order valence-electron chi connectivity index (χ1n) is 7.62. The molecule has 21 heavy (non-hydrogen) atoms. The van der Waals surface area contributed by atoms with Crippen LogP contribution >= 0.6 is 0 Å². The van der Waals surface area contributed by atoms with Crippen LogP contribution in [0.1, 0.15) is 48.9 Å². The number of carbonyl (C=O) groups excluding carboxylic acids is 1. The summed E-state index contributed by atoms with van der Waals surface area (Å²) in [7, 11) is 1.64. The predicted octanol–water partition coefficient (Wildman–Crippen LogP) is 3.07. The maximum atomic E-state index is 11.7. The van der Waals surface area contributed by atoms with Crippen molar-refractivity contribution in [1.29, 1.82) is 0 Å². The zero-order valence-corrected chi connectivity index (χ0v) is 13.2. The molecule has 0 aliphatic heterocycles. The van der Waals surface area contributed by atoms with E-state index in [0.29, 0.717) is 17.0 Å². The lowest BCUT2D eigenvalue weighted by atomic mass is 9.71. The van der Waals surface area contributed by atoms with Crippen molar-refractivity contribution in [2.24, 2.45) is 11.3 Å². The lowest BCUT2D eigenvalue weighted by Crippen LogP contribution is -2.27. The number of rotatable bonds is 1. The third-order valence-electron chi connectivity index (χ3n) is 4.66. The van der Waals surface area contributed by atoms with Gasteiger partial charge < -0.3 is 10.3 Å². The average molecular weight is 285 g/mol. The topological polar surface area (TPSA) is 57.8 Å². The second kappa shape index (κ2) is 4.86. The van der Waals surface area contributed by atoms with Crippen LogP contribution in [-0.4, -0.2) is 22.9 Å². The number of amides is 1. The monoisotopic (exact) mass is 285 g/mol. The highest BCUT2D eigenvalue weighted by molar-refractivity contribution is 5.97. The van der Waals surface area contributed by atoms with Crippen molar-refractivity contribution in [3.63, 3.8) is 0 Å². The first-order valence-corrected chi connectivity index (χ1v) is 7.62. The van der Waals surface area contributed by atoms with Crippen molar-refractivity contribution in [2.45, 2.75) is 40.0 Å². The zero-order chi connectivity index (χ0) is 15.2. The van der Waals surface area contributed by atoms with E-state index >= 15 is 0 Å². The van der Waals surface area contributed by atoms with Crippen LogP contribution in [0.3, 0.4) is 0 Å². The Balaban J connectivity index is 1.99. The summed E-state index contributed by atoms with van der Waals surface area (Å²) in [6.45, 7) is 6.94. The number of hydrogen-bond donors (Lipinski definition) is 2.